The number of rotatable bonds is 8. The number of aromatic nitrogens is 3. The highest BCUT2D eigenvalue weighted by atomic mass is 16.5. The Balaban J connectivity index is 1.82. The summed E-state index contributed by atoms with van der Waals surface area (Å²) >= 11 is 0. The highest BCUT2D eigenvalue weighted by molar-refractivity contribution is 5.75. The molecule has 0 aliphatic carbocycles. The monoisotopic (exact) mass is 304 g/mol. The molecule has 0 saturated heterocycles. The fraction of sp³-hybridized carbons (Fsp3) is 0.400. The molecule has 1 aromatic carbocycles. The molecule has 7 heteroatoms. The number of nitrogens with one attached hydrogen (secondary N) is 1. The molecule has 22 heavy (non-hydrogen) atoms. The molecule has 1 heterocycles. The molecule has 0 aliphatic heterocycles. The Bertz CT molecular complexity index is 595. The summed E-state index contributed by atoms with van der Waals surface area (Å²) in [6, 6.07) is 7.29. The summed E-state index contributed by atoms with van der Waals surface area (Å²) < 4.78 is 12.2. The maximum Gasteiger partial charge on any atom is 0.241 e. The van der Waals surface area contributed by atoms with Crippen molar-refractivity contribution in [1.29, 1.82) is 0 Å². The minimum atomic E-state index is -0.0747. The quantitative estimate of drug-likeness (QED) is 0.797. The van der Waals surface area contributed by atoms with Gasteiger partial charge < -0.3 is 14.8 Å². The molecule has 2 aromatic rings. The van der Waals surface area contributed by atoms with Gasteiger partial charge in [-0.3, -0.25) is 4.79 Å². The van der Waals surface area contributed by atoms with Gasteiger partial charge in [-0.05, 0) is 30.7 Å². The molecule has 0 radical (unpaired) electrons. The van der Waals surface area contributed by atoms with Crippen LogP contribution in [0.25, 0.3) is 0 Å². The molecule has 2 rings (SSSR count). The van der Waals surface area contributed by atoms with Gasteiger partial charge in [0.2, 0.25) is 5.91 Å². The molecule has 0 aliphatic rings. The van der Waals surface area contributed by atoms with E-state index in [0.29, 0.717) is 18.8 Å². The lowest BCUT2D eigenvalue weighted by molar-refractivity contribution is -0.121. The van der Waals surface area contributed by atoms with Crippen LogP contribution in [0.3, 0.4) is 0 Å². The van der Waals surface area contributed by atoms with E-state index in [1.54, 1.807) is 13.3 Å². The predicted octanol–water partition coefficient (Wildman–Crippen LogP) is 1.39. The van der Waals surface area contributed by atoms with E-state index in [9.17, 15) is 4.79 Å². The average molecular weight is 304 g/mol. The molecule has 7 nitrogen and oxygen atoms in total. The first-order chi connectivity index (χ1) is 10.7. The molecule has 0 unspecified atom stereocenters. The van der Waals surface area contributed by atoms with Crippen molar-refractivity contribution < 1.29 is 14.3 Å². The van der Waals surface area contributed by atoms with Gasteiger partial charge in [0.15, 0.2) is 0 Å². The first-order valence-electron chi connectivity index (χ1n) is 7.14. The maximum absolute atomic E-state index is 11.6. The summed E-state index contributed by atoms with van der Waals surface area (Å²) in [6.07, 6.45) is 2.61. The van der Waals surface area contributed by atoms with Crippen LogP contribution in [-0.4, -0.2) is 34.6 Å². The van der Waals surface area contributed by atoms with E-state index < -0.39 is 0 Å². The molecular weight excluding hydrogens is 284 g/mol. The number of carbonyl (C=O) groups is 1. The van der Waals surface area contributed by atoms with Crippen LogP contribution in [0.2, 0.25) is 0 Å². The Morgan fingerprint density at radius 1 is 1.27 bits per heavy atom. The molecular formula is C15H20N4O3. The van der Waals surface area contributed by atoms with Crippen molar-refractivity contribution >= 4 is 5.91 Å². The summed E-state index contributed by atoms with van der Waals surface area (Å²) in [7, 11) is 1.62. The number of hydrogen-bond acceptors (Lipinski definition) is 5. The molecule has 1 amide bonds. The summed E-state index contributed by atoms with van der Waals surface area (Å²) in [5.41, 5.74) is 0.666. The third-order valence-corrected chi connectivity index (χ3v) is 2.91. The highest BCUT2D eigenvalue weighted by Crippen LogP contribution is 2.17. The SMILES string of the molecule is CCCNC(=O)Cn1cc(COc2ccc(OC)cc2)nn1. The third kappa shape index (κ3) is 4.76. The van der Waals surface area contributed by atoms with E-state index in [2.05, 4.69) is 15.6 Å². The summed E-state index contributed by atoms with van der Waals surface area (Å²) in [5, 5.41) is 10.7. The van der Waals surface area contributed by atoms with E-state index in [1.807, 2.05) is 31.2 Å². The van der Waals surface area contributed by atoms with Gasteiger partial charge in [-0.1, -0.05) is 12.1 Å². The molecule has 0 saturated carbocycles. The average Bonchev–Trinajstić information content (AvgIpc) is 2.99. The van der Waals surface area contributed by atoms with Gasteiger partial charge in [0.05, 0.1) is 13.3 Å². The van der Waals surface area contributed by atoms with Crippen molar-refractivity contribution in [3.63, 3.8) is 0 Å². The summed E-state index contributed by atoms with van der Waals surface area (Å²) in [4.78, 5) is 11.6. The molecule has 1 N–H and O–H groups in total. The number of methoxy groups -OCH3 is 1. The third-order valence-electron chi connectivity index (χ3n) is 2.91. The zero-order valence-corrected chi connectivity index (χ0v) is 12.8. The maximum atomic E-state index is 11.6. The standard InChI is InChI=1S/C15H20N4O3/c1-3-8-16-15(20)10-19-9-12(17-18-19)11-22-14-6-4-13(21-2)5-7-14/h4-7,9H,3,8,10-11H2,1-2H3,(H,16,20). The number of benzene rings is 1. The lowest BCUT2D eigenvalue weighted by Crippen LogP contribution is -2.28. The fourth-order valence-electron chi connectivity index (χ4n) is 1.78. The Labute approximate surface area is 129 Å². The van der Waals surface area contributed by atoms with Crippen molar-refractivity contribution in [2.24, 2.45) is 0 Å². The van der Waals surface area contributed by atoms with E-state index in [1.165, 1.54) is 4.68 Å². The second kappa shape index (κ2) is 8.02. The molecule has 118 valence electrons. The Hall–Kier alpha value is -2.57. The molecule has 0 bridgehead atoms. The van der Waals surface area contributed by atoms with E-state index in [-0.39, 0.29) is 12.5 Å². The predicted molar refractivity (Wildman–Crippen MR) is 80.6 cm³/mol. The number of hydrogen-bond donors (Lipinski definition) is 1. The van der Waals surface area contributed by atoms with Gasteiger partial charge in [-0.15, -0.1) is 5.10 Å². The fourth-order valence-corrected chi connectivity index (χ4v) is 1.78. The van der Waals surface area contributed by atoms with Gasteiger partial charge in [0.25, 0.3) is 0 Å². The van der Waals surface area contributed by atoms with Crippen molar-refractivity contribution in [3.05, 3.63) is 36.2 Å². The van der Waals surface area contributed by atoms with Gasteiger partial charge in [-0.25, -0.2) is 4.68 Å². The van der Waals surface area contributed by atoms with Gasteiger partial charge in [0.1, 0.15) is 30.3 Å². The topological polar surface area (TPSA) is 78.3 Å². The number of nitrogens with zero attached hydrogens (tertiary/aromatic N) is 3. The number of carbonyl (C=O) groups excluding carboxylic acids is 1. The molecule has 0 fully saturated rings. The van der Waals surface area contributed by atoms with E-state index >= 15 is 0 Å². The van der Waals surface area contributed by atoms with Crippen molar-refractivity contribution in [2.75, 3.05) is 13.7 Å². The normalized spacial score (nSPS) is 10.3. The number of ether oxygens (including phenoxy) is 2. The van der Waals surface area contributed by atoms with Gasteiger partial charge in [0, 0.05) is 6.54 Å². The first kappa shape index (κ1) is 15.8. The number of amides is 1. The zero-order valence-electron chi connectivity index (χ0n) is 12.8. The Kier molecular flexibility index (Phi) is 5.76. The lowest BCUT2D eigenvalue weighted by Gasteiger charge is -2.05. The van der Waals surface area contributed by atoms with Crippen LogP contribution in [0.5, 0.6) is 11.5 Å². The van der Waals surface area contributed by atoms with Crippen LogP contribution in [0.15, 0.2) is 30.5 Å². The lowest BCUT2D eigenvalue weighted by atomic mass is 10.3. The Morgan fingerprint density at radius 3 is 2.68 bits per heavy atom. The van der Waals surface area contributed by atoms with E-state index in [0.717, 1.165) is 17.9 Å². The second-order valence-corrected chi connectivity index (χ2v) is 4.72. The molecule has 0 atom stereocenters. The van der Waals surface area contributed by atoms with Crippen LogP contribution in [0.1, 0.15) is 19.0 Å². The summed E-state index contributed by atoms with van der Waals surface area (Å²) in [6.45, 7) is 3.13. The zero-order chi connectivity index (χ0) is 15.8. The minimum absolute atomic E-state index is 0.0747. The first-order valence-corrected chi connectivity index (χ1v) is 7.14. The van der Waals surface area contributed by atoms with E-state index in [4.69, 9.17) is 9.47 Å². The summed E-state index contributed by atoms with van der Waals surface area (Å²) in [5.74, 6) is 1.42. The van der Waals surface area contributed by atoms with Crippen LogP contribution < -0.4 is 14.8 Å². The van der Waals surface area contributed by atoms with Crippen LogP contribution in [0.4, 0.5) is 0 Å². The molecule has 0 spiro atoms. The second-order valence-electron chi connectivity index (χ2n) is 4.72. The van der Waals surface area contributed by atoms with Crippen LogP contribution in [0, 0.1) is 0 Å². The van der Waals surface area contributed by atoms with Gasteiger partial charge in [-0.2, -0.15) is 0 Å². The highest BCUT2D eigenvalue weighted by Gasteiger charge is 2.06. The Morgan fingerprint density at radius 2 is 2.00 bits per heavy atom. The minimum Gasteiger partial charge on any atom is -0.497 e. The van der Waals surface area contributed by atoms with Crippen molar-refractivity contribution in [3.8, 4) is 11.5 Å². The van der Waals surface area contributed by atoms with Crippen LogP contribution >= 0.6 is 0 Å². The van der Waals surface area contributed by atoms with Crippen LogP contribution in [-0.2, 0) is 17.9 Å². The smallest absolute Gasteiger partial charge is 0.241 e. The van der Waals surface area contributed by atoms with Crippen molar-refractivity contribution in [1.82, 2.24) is 20.3 Å². The van der Waals surface area contributed by atoms with Gasteiger partial charge >= 0.3 is 0 Å². The van der Waals surface area contributed by atoms with Crippen molar-refractivity contribution in [2.45, 2.75) is 26.5 Å². The molecule has 1 aromatic heterocycles. The largest absolute Gasteiger partial charge is 0.497 e.